The average Bonchev–Trinajstić information content (AvgIpc) is 2.17. The molecule has 0 bridgehead atoms. The minimum Gasteiger partial charge on any atom is -0.481 e. The van der Waals surface area contributed by atoms with Gasteiger partial charge in [-0.15, -0.1) is 12.4 Å². The summed E-state index contributed by atoms with van der Waals surface area (Å²) >= 11 is 0. The lowest BCUT2D eigenvalue weighted by Gasteiger charge is -1.99. The van der Waals surface area contributed by atoms with E-state index in [1.54, 1.807) is 6.07 Å². The second kappa shape index (κ2) is 4.75. The van der Waals surface area contributed by atoms with Crippen LogP contribution in [0.1, 0.15) is 5.69 Å². The van der Waals surface area contributed by atoms with Crippen LogP contribution in [0, 0.1) is 0 Å². The van der Waals surface area contributed by atoms with E-state index in [1.807, 2.05) is 30.3 Å². The summed E-state index contributed by atoms with van der Waals surface area (Å²) in [5.74, 6) is -0.854. The molecule has 0 amide bonds. The van der Waals surface area contributed by atoms with E-state index in [0.29, 0.717) is 5.69 Å². The fourth-order valence-electron chi connectivity index (χ4n) is 1.36. The molecule has 0 unspecified atom stereocenters. The number of aliphatic carboxylic acids is 1. The third-order valence-corrected chi connectivity index (χ3v) is 1.99. The number of aromatic nitrogens is 1. The van der Waals surface area contributed by atoms with Gasteiger partial charge in [-0.25, -0.2) is 0 Å². The highest BCUT2D eigenvalue weighted by Gasteiger charge is 2.02. The minimum absolute atomic E-state index is 0. The number of nitrogens with zero attached hydrogens (tertiary/aromatic N) is 1. The number of pyridine rings is 1. The zero-order chi connectivity index (χ0) is 9.97. The Kier molecular flexibility index (Phi) is 3.63. The lowest BCUT2D eigenvalue weighted by molar-refractivity contribution is -0.136. The van der Waals surface area contributed by atoms with Crippen LogP contribution >= 0.6 is 12.4 Å². The van der Waals surface area contributed by atoms with Crippen molar-refractivity contribution in [1.29, 1.82) is 0 Å². The maximum absolute atomic E-state index is 10.5. The summed E-state index contributed by atoms with van der Waals surface area (Å²) in [7, 11) is 0. The SMILES string of the molecule is Cl.O=C(O)Cc1ccc2ccccc2n1. The Morgan fingerprint density at radius 3 is 2.67 bits per heavy atom. The van der Waals surface area contributed by atoms with Gasteiger partial charge in [-0.3, -0.25) is 9.78 Å². The minimum atomic E-state index is -0.854. The van der Waals surface area contributed by atoms with Crippen LogP contribution in [0.25, 0.3) is 10.9 Å². The number of fused-ring (bicyclic) bond motifs is 1. The Balaban J connectivity index is 0.00000112. The second-order valence-corrected chi connectivity index (χ2v) is 3.07. The van der Waals surface area contributed by atoms with Crippen molar-refractivity contribution in [2.45, 2.75) is 6.42 Å². The van der Waals surface area contributed by atoms with Crippen LogP contribution in [0.5, 0.6) is 0 Å². The number of benzene rings is 1. The Hall–Kier alpha value is -1.61. The first kappa shape index (κ1) is 11.5. The second-order valence-electron chi connectivity index (χ2n) is 3.07. The van der Waals surface area contributed by atoms with E-state index in [1.165, 1.54) is 0 Å². The van der Waals surface area contributed by atoms with E-state index in [4.69, 9.17) is 5.11 Å². The van der Waals surface area contributed by atoms with Crippen molar-refractivity contribution in [3.63, 3.8) is 0 Å². The highest BCUT2D eigenvalue weighted by molar-refractivity contribution is 5.85. The molecule has 0 aliphatic rings. The fourth-order valence-corrected chi connectivity index (χ4v) is 1.36. The number of carbonyl (C=O) groups is 1. The summed E-state index contributed by atoms with van der Waals surface area (Å²) in [4.78, 5) is 14.7. The number of carboxylic acid groups (broad SMARTS) is 1. The van der Waals surface area contributed by atoms with Crippen molar-refractivity contribution in [3.8, 4) is 0 Å². The molecule has 0 fully saturated rings. The molecule has 2 aromatic rings. The van der Waals surface area contributed by atoms with Crippen molar-refractivity contribution in [3.05, 3.63) is 42.1 Å². The molecule has 1 N–H and O–H groups in total. The first-order valence-corrected chi connectivity index (χ1v) is 4.32. The molecule has 0 aliphatic carbocycles. The van der Waals surface area contributed by atoms with Gasteiger partial charge in [0, 0.05) is 5.39 Å². The summed E-state index contributed by atoms with van der Waals surface area (Å²) in [5.41, 5.74) is 1.43. The maximum atomic E-state index is 10.5. The normalized spacial score (nSPS) is 9.60. The number of rotatable bonds is 2. The molecule has 0 spiro atoms. The molecule has 3 nitrogen and oxygen atoms in total. The molecule has 0 radical (unpaired) electrons. The molecule has 2 rings (SSSR count). The standard InChI is InChI=1S/C11H9NO2.ClH/c13-11(14)7-9-6-5-8-3-1-2-4-10(8)12-9;/h1-6H,7H2,(H,13,14);1H. The smallest absolute Gasteiger partial charge is 0.309 e. The van der Waals surface area contributed by atoms with Crippen LogP contribution in [0.2, 0.25) is 0 Å². The van der Waals surface area contributed by atoms with Gasteiger partial charge >= 0.3 is 5.97 Å². The van der Waals surface area contributed by atoms with Crippen molar-refractivity contribution < 1.29 is 9.90 Å². The van der Waals surface area contributed by atoms with Crippen LogP contribution in [-0.4, -0.2) is 16.1 Å². The number of hydrogen-bond donors (Lipinski definition) is 1. The Morgan fingerprint density at radius 1 is 1.20 bits per heavy atom. The molecule has 15 heavy (non-hydrogen) atoms. The monoisotopic (exact) mass is 223 g/mol. The lowest BCUT2D eigenvalue weighted by atomic mass is 10.2. The van der Waals surface area contributed by atoms with Gasteiger partial charge < -0.3 is 5.11 Å². The molecular formula is C11H10ClNO2. The lowest BCUT2D eigenvalue weighted by Crippen LogP contribution is -2.01. The maximum Gasteiger partial charge on any atom is 0.309 e. The van der Waals surface area contributed by atoms with Gasteiger partial charge in [0.15, 0.2) is 0 Å². The Bertz CT molecular complexity index is 485. The number of hydrogen-bond acceptors (Lipinski definition) is 2. The van der Waals surface area contributed by atoms with Gasteiger partial charge in [0.05, 0.1) is 17.6 Å². The van der Waals surface area contributed by atoms with E-state index >= 15 is 0 Å². The molecule has 1 aromatic heterocycles. The predicted molar refractivity (Wildman–Crippen MR) is 60.3 cm³/mol. The third-order valence-electron chi connectivity index (χ3n) is 1.99. The topological polar surface area (TPSA) is 50.2 Å². The van der Waals surface area contributed by atoms with E-state index in [9.17, 15) is 4.79 Å². The van der Waals surface area contributed by atoms with Crippen molar-refractivity contribution in [1.82, 2.24) is 4.98 Å². The number of carboxylic acids is 1. The molecule has 0 aliphatic heterocycles. The first-order chi connectivity index (χ1) is 6.75. The highest BCUT2D eigenvalue weighted by atomic mass is 35.5. The Labute approximate surface area is 93.2 Å². The number of para-hydroxylation sites is 1. The van der Waals surface area contributed by atoms with E-state index in [2.05, 4.69) is 4.98 Å². The molecular weight excluding hydrogens is 214 g/mol. The van der Waals surface area contributed by atoms with Crippen LogP contribution in [0.15, 0.2) is 36.4 Å². The molecule has 4 heteroatoms. The molecule has 0 atom stereocenters. The van der Waals surface area contributed by atoms with Crippen molar-refractivity contribution in [2.75, 3.05) is 0 Å². The van der Waals surface area contributed by atoms with Crippen LogP contribution in [-0.2, 0) is 11.2 Å². The summed E-state index contributed by atoms with van der Waals surface area (Å²) in [5, 5.41) is 9.63. The summed E-state index contributed by atoms with van der Waals surface area (Å²) < 4.78 is 0. The van der Waals surface area contributed by atoms with Crippen molar-refractivity contribution in [2.24, 2.45) is 0 Å². The molecule has 1 heterocycles. The summed E-state index contributed by atoms with van der Waals surface area (Å²) in [6, 6.07) is 11.3. The predicted octanol–water partition coefficient (Wildman–Crippen LogP) is 2.28. The molecule has 0 saturated carbocycles. The fraction of sp³-hybridized carbons (Fsp3) is 0.0909. The van der Waals surface area contributed by atoms with Crippen LogP contribution in [0.3, 0.4) is 0 Å². The summed E-state index contributed by atoms with van der Waals surface area (Å²) in [6.07, 6.45) is -0.0230. The quantitative estimate of drug-likeness (QED) is 0.850. The largest absolute Gasteiger partial charge is 0.481 e. The van der Waals surface area contributed by atoms with Gasteiger partial charge in [-0.2, -0.15) is 0 Å². The Morgan fingerprint density at radius 2 is 1.93 bits per heavy atom. The van der Waals surface area contributed by atoms with Crippen LogP contribution in [0.4, 0.5) is 0 Å². The zero-order valence-electron chi connectivity index (χ0n) is 7.88. The van der Waals surface area contributed by atoms with Crippen LogP contribution < -0.4 is 0 Å². The van der Waals surface area contributed by atoms with E-state index in [-0.39, 0.29) is 18.8 Å². The van der Waals surface area contributed by atoms with Gasteiger partial charge in [0.2, 0.25) is 0 Å². The molecule has 0 saturated heterocycles. The first-order valence-electron chi connectivity index (χ1n) is 4.32. The van der Waals surface area contributed by atoms with Gasteiger partial charge in [-0.05, 0) is 12.1 Å². The number of halogens is 1. The highest BCUT2D eigenvalue weighted by Crippen LogP contribution is 2.11. The summed E-state index contributed by atoms with van der Waals surface area (Å²) in [6.45, 7) is 0. The van der Waals surface area contributed by atoms with E-state index in [0.717, 1.165) is 10.9 Å². The van der Waals surface area contributed by atoms with E-state index < -0.39 is 5.97 Å². The zero-order valence-corrected chi connectivity index (χ0v) is 8.70. The average molecular weight is 224 g/mol. The third kappa shape index (κ3) is 2.67. The molecule has 78 valence electrons. The molecule has 1 aromatic carbocycles. The van der Waals surface area contributed by atoms with Gasteiger partial charge in [0.1, 0.15) is 0 Å². The van der Waals surface area contributed by atoms with Gasteiger partial charge in [0.25, 0.3) is 0 Å². The van der Waals surface area contributed by atoms with Crippen molar-refractivity contribution >= 4 is 29.3 Å². The van der Waals surface area contributed by atoms with Gasteiger partial charge in [-0.1, -0.05) is 24.3 Å².